The molecule has 29 heavy (non-hydrogen) atoms. The summed E-state index contributed by atoms with van der Waals surface area (Å²) in [6, 6.07) is 15.8. The van der Waals surface area contributed by atoms with E-state index in [0.717, 1.165) is 21.6 Å². The summed E-state index contributed by atoms with van der Waals surface area (Å²) in [5.74, 6) is -0.657. The van der Waals surface area contributed by atoms with Gasteiger partial charge in [-0.1, -0.05) is 56.8 Å². The Morgan fingerprint density at radius 1 is 0.828 bits per heavy atom. The highest BCUT2D eigenvalue weighted by Crippen LogP contribution is 2.46. The van der Waals surface area contributed by atoms with Crippen LogP contribution in [0.25, 0.3) is 11.1 Å². The van der Waals surface area contributed by atoms with Gasteiger partial charge in [-0.3, -0.25) is 4.79 Å². The van der Waals surface area contributed by atoms with Crippen molar-refractivity contribution in [3.8, 4) is 28.4 Å². The Kier molecular flexibility index (Phi) is 6.18. The van der Waals surface area contributed by atoms with E-state index in [0.29, 0.717) is 16.9 Å². The second kappa shape index (κ2) is 8.62. The minimum Gasteiger partial charge on any atom is -0.508 e. The van der Waals surface area contributed by atoms with Crippen LogP contribution < -0.4 is 0 Å². The standard InChI is InChI=1S/C22H18O4S.C2H6/c1-2-15-16-8-5-13(12-3-6-14(23)7-4-12)9-20(16)27-21-11-19(25)18(24)10-17(21)22(15)26;1-2/h3-11,15,23-25H,2H2,1H3;1-2H3. The van der Waals surface area contributed by atoms with Gasteiger partial charge in [-0.2, -0.15) is 0 Å². The minimum atomic E-state index is -0.299. The Hall–Kier alpha value is -2.92. The average molecular weight is 409 g/mol. The van der Waals surface area contributed by atoms with E-state index in [1.807, 2.05) is 51.1 Å². The van der Waals surface area contributed by atoms with Gasteiger partial charge < -0.3 is 15.3 Å². The predicted molar refractivity (Wildman–Crippen MR) is 116 cm³/mol. The van der Waals surface area contributed by atoms with Crippen LogP contribution in [0.3, 0.4) is 0 Å². The Morgan fingerprint density at radius 2 is 1.45 bits per heavy atom. The molecule has 3 aromatic carbocycles. The second-order valence-electron chi connectivity index (χ2n) is 6.56. The highest BCUT2D eigenvalue weighted by molar-refractivity contribution is 7.99. The minimum absolute atomic E-state index is 0.0496. The number of carbonyl (C=O) groups excluding carboxylic acids is 1. The van der Waals surface area contributed by atoms with Gasteiger partial charge in [0, 0.05) is 21.3 Å². The molecule has 0 saturated heterocycles. The number of rotatable bonds is 2. The van der Waals surface area contributed by atoms with E-state index in [-0.39, 0.29) is 28.9 Å². The zero-order chi connectivity index (χ0) is 21.1. The monoisotopic (exact) mass is 408 g/mol. The van der Waals surface area contributed by atoms with Crippen molar-refractivity contribution in [2.45, 2.75) is 42.9 Å². The van der Waals surface area contributed by atoms with Crippen LogP contribution in [0.15, 0.2) is 64.4 Å². The number of fused-ring (bicyclic) bond motifs is 2. The second-order valence-corrected chi connectivity index (χ2v) is 7.65. The molecule has 0 spiro atoms. The summed E-state index contributed by atoms with van der Waals surface area (Å²) in [5.41, 5.74) is 3.33. The van der Waals surface area contributed by atoms with Gasteiger partial charge in [0.05, 0.1) is 0 Å². The van der Waals surface area contributed by atoms with Crippen LogP contribution in [0.1, 0.15) is 49.0 Å². The molecule has 4 rings (SSSR count). The van der Waals surface area contributed by atoms with Crippen LogP contribution in [0.4, 0.5) is 0 Å². The van der Waals surface area contributed by atoms with E-state index in [4.69, 9.17) is 0 Å². The lowest BCUT2D eigenvalue weighted by Gasteiger charge is -2.15. The van der Waals surface area contributed by atoms with Gasteiger partial charge in [-0.25, -0.2) is 0 Å². The molecule has 4 nitrogen and oxygen atoms in total. The lowest BCUT2D eigenvalue weighted by atomic mass is 9.87. The van der Waals surface area contributed by atoms with Crippen molar-refractivity contribution in [3.05, 3.63) is 65.7 Å². The average Bonchev–Trinajstić information content (AvgIpc) is 2.84. The molecule has 0 saturated carbocycles. The Bertz CT molecular complexity index is 1040. The van der Waals surface area contributed by atoms with Crippen LogP contribution in [0.5, 0.6) is 17.2 Å². The third-order valence-corrected chi connectivity index (χ3v) is 6.01. The molecular formula is C24H24O4S. The molecule has 0 aromatic heterocycles. The van der Waals surface area contributed by atoms with Crippen molar-refractivity contribution in [1.29, 1.82) is 0 Å². The maximum Gasteiger partial charge on any atom is 0.171 e. The van der Waals surface area contributed by atoms with Crippen LogP contribution in [0.2, 0.25) is 0 Å². The van der Waals surface area contributed by atoms with Crippen LogP contribution >= 0.6 is 11.8 Å². The largest absolute Gasteiger partial charge is 0.508 e. The number of carbonyl (C=O) groups is 1. The molecule has 150 valence electrons. The molecule has 0 fully saturated rings. The molecule has 3 aromatic rings. The number of phenolic OH excluding ortho intramolecular Hbond substituents is 3. The van der Waals surface area contributed by atoms with Gasteiger partial charge in [0.15, 0.2) is 17.3 Å². The van der Waals surface area contributed by atoms with Gasteiger partial charge >= 0.3 is 0 Å². The molecule has 1 aliphatic heterocycles. The first kappa shape index (κ1) is 20.8. The Balaban J connectivity index is 0.00000117. The van der Waals surface area contributed by atoms with E-state index in [1.54, 1.807) is 12.1 Å². The van der Waals surface area contributed by atoms with Crippen molar-refractivity contribution in [1.82, 2.24) is 0 Å². The zero-order valence-electron chi connectivity index (χ0n) is 16.6. The van der Waals surface area contributed by atoms with E-state index in [9.17, 15) is 20.1 Å². The maximum absolute atomic E-state index is 13.1. The van der Waals surface area contributed by atoms with E-state index < -0.39 is 0 Å². The molecule has 3 N–H and O–H groups in total. The molecule has 1 atom stereocenters. The quantitative estimate of drug-likeness (QED) is 0.431. The normalized spacial score (nSPS) is 14.9. The van der Waals surface area contributed by atoms with Crippen molar-refractivity contribution in [2.75, 3.05) is 0 Å². The number of benzene rings is 3. The topological polar surface area (TPSA) is 77.8 Å². The third kappa shape index (κ3) is 3.96. The van der Waals surface area contributed by atoms with Crippen molar-refractivity contribution in [3.63, 3.8) is 0 Å². The number of aromatic hydroxyl groups is 3. The molecule has 1 aliphatic rings. The fourth-order valence-corrected chi connectivity index (χ4v) is 4.62. The smallest absolute Gasteiger partial charge is 0.171 e. The highest BCUT2D eigenvalue weighted by atomic mass is 32.2. The van der Waals surface area contributed by atoms with Crippen LogP contribution in [-0.2, 0) is 0 Å². The summed E-state index contributed by atoms with van der Waals surface area (Å²) in [5, 5.41) is 29.2. The number of hydrogen-bond acceptors (Lipinski definition) is 5. The fraction of sp³-hybridized carbons (Fsp3) is 0.208. The SMILES string of the molecule is CC.CCC1C(=O)c2cc(O)c(O)cc2Sc2cc(-c3ccc(O)cc3)ccc21. The summed E-state index contributed by atoms with van der Waals surface area (Å²) in [6.45, 7) is 5.97. The van der Waals surface area contributed by atoms with Crippen molar-refractivity contribution >= 4 is 17.5 Å². The molecule has 5 heteroatoms. The summed E-state index contributed by atoms with van der Waals surface area (Å²) in [7, 11) is 0. The van der Waals surface area contributed by atoms with Gasteiger partial charge in [0.2, 0.25) is 0 Å². The molecule has 1 heterocycles. The highest BCUT2D eigenvalue weighted by Gasteiger charge is 2.30. The van der Waals surface area contributed by atoms with Gasteiger partial charge in [-0.15, -0.1) is 0 Å². The molecule has 0 amide bonds. The van der Waals surface area contributed by atoms with Crippen molar-refractivity contribution in [2.24, 2.45) is 0 Å². The van der Waals surface area contributed by atoms with Crippen molar-refractivity contribution < 1.29 is 20.1 Å². The third-order valence-electron chi connectivity index (χ3n) is 4.88. The predicted octanol–water partition coefficient (Wildman–Crippen LogP) is 6.34. The van der Waals surface area contributed by atoms with E-state index >= 15 is 0 Å². The molecule has 0 bridgehead atoms. The maximum atomic E-state index is 13.1. The molecule has 0 radical (unpaired) electrons. The number of hydrogen-bond donors (Lipinski definition) is 3. The fourth-order valence-electron chi connectivity index (χ4n) is 3.43. The van der Waals surface area contributed by atoms with Gasteiger partial charge in [-0.05, 0) is 53.4 Å². The lowest BCUT2D eigenvalue weighted by Crippen LogP contribution is -2.12. The summed E-state index contributed by atoms with van der Waals surface area (Å²) in [4.78, 5) is 14.6. The number of ketones is 1. The molecule has 0 aliphatic carbocycles. The lowest BCUT2D eigenvalue weighted by molar-refractivity contribution is 0.0953. The van der Waals surface area contributed by atoms with Gasteiger partial charge in [0.25, 0.3) is 0 Å². The first-order chi connectivity index (χ1) is 14.0. The number of phenols is 3. The van der Waals surface area contributed by atoms with Crippen LogP contribution in [-0.4, -0.2) is 21.1 Å². The first-order valence-electron chi connectivity index (χ1n) is 9.69. The Labute approximate surface area is 174 Å². The summed E-state index contributed by atoms with van der Waals surface area (Å²) in [6.07, 6.45) is 0.645. The zero-order valence-corrected chi connectivity index (χ0v) is 17.5. The Morgan fingerprint density at radius 3 is 2.10 bits per heavy atom. The van der Waals surface area contributed by atoms with Crippen LogP contribution in [0, 0.1) is 0 Å². The summed E-state index contributed by atoms with van der Waals surface area (Å²) < 4.78 is 0. The molecule has 1 unspecified atom stereocenters. The molecular weight excluding hydrogens is 384 g/mol. The summed E-state index contributed by atoms with van der Waals surface area (Å²) >= 11 is 1.42. The first-order valence-corrected chi connectivity index (χ1v) is 10.5. The van der Waals surface area contributed by atoms with Gasteiger partial charge in [0.1, 0.15) is 5.75 Å². The number of Topliss-reactive ketones (excluding diaryl/α,β-unsaturated/α-hetero) is 1. The van der Waals surface area contributed by atoms with E-state index in [2.05, 4.69) is 0 Å². The van der Waals surface area contributed by atoms with E-state index in [1.165, 1.54) is 23.9 Å².